The molecule has 0 aromatic carbocycles. The second-order valence-electron chi connectivity index (χ2n) is 2.86. The van der Waals surface area contributed by atoms with Crippen molar-refractivity contribution in [1.29, 1.82) is 0 Å². The van der Waals surface area contributed by atoms with Gasteiger partial charge in [-0.3, -0.25) is 0 Å². The van der Waals surface area contributed by atoms with E-state index in [-0.39, 0.29) is 6.61 Å². The van der Waals surface area contributed by atoms with Crippen molar-refractivity contribution in [3.63, 3.8) is 0 Å². The summed E-state index contributed by atoms with van der Waals surface area (Å²) >= 11 is 0. The van der Waals surface area contributed by atoms with Gasteiger partial charge in [-0.1, -0.05) is 0 Å². The lowest BCUT2D eigenvalue weighted by Gasteiger charge is -2.03. The SMILES string of the molecule is CCOC(=O)c1c[n+](C)[nH]c1C(F)(F)F. The maximum absolute atomic E-state index is 12.4. The maximum Gasteiger partial charge on any atom is 0.437 e. The van der Waals surface area contributed by atoms with E-state index in [1.165, 1.54) is 14.0 Å². The van der Waals surface area contributed by atoms with Gasteiger partial charge in [0.2, 0.25) is 6.20 Å². The van der Waals surface area contributed by atoms with E-state index < -0.39 is 23.4 Å². The molecule has 0 atom stereocenters. The molecule has 1 aromatic rings. The highest BCUT2D eigenvalue weighted by molar-refractivity contribution is 5.90. The number of halogens is 3. The Kier molecular flexibility index (Phi) is 3.01. The first kappa shape index (κ1) is 11.5. The largest absolute Gasteiger partial charge is 0.462 e. The third-order valence-corrected chi connectivity index (χ3v) is 1.66. The van der Waals surface area contributed by atoms with Gasteiger partial charge in [-0.05, 0) is 6.92 Å². The van der Waals surface area contributed by atoms with Gasteiger partial charge in [-0.15, -0.1) is 4.68 Å². The molecule has 0 aliphatic carbocycles. The third kappa shape index (κ3) is 2.48. The summed E-state index contributed by atoms with van der Waals surface area (Å²) in [6.45, 7) is 1.56. The number of aryl methyl sites for hydroxylation is 1. The average Bonchev–Trinajstić information content (AvgIpc) is 2.47. The fourth-order valence-electron chi connectivity index (χ4n) is 1.11. The highest BCUT2D eigenvalue weighted by Crippen LogP contribution is 2.29. The quantitative estimate of drug-likeness (QED) is 0.601. The zero-order chi connectivity index (χ0) is 11.6. The van der Waals surface area contributed by atoms with Crippen LogP contribution in [0.5, 0.6) is 0 Å². The van der Waals surface area contributed by atoms with Crippen LogP contribution in [0.1, 0.15) is 23.0 Å². The van der Waals surface area contributed by atoms with Crippen LogP contribution in [0.25, 0.3) is 0 Å². The zero-order valence-corrected chi connectivity index (χ0v) is 8.18. The predicted octanol–water partition coefficient (Wildman–Crippen LogP) is 1.03. The molecule has 0 fully saturated rings. The van der Waals surface area contributed by atoms with E-state index >= 15 is 0 Å². The average molecular weight is 223 g/mol. The van der Waals surface area contributed by atoms with Gasteiger partial charge in [0.1, 0.15) is 0 Å². The normalized spacial score (nSPS) is 11.5. The third-order valence-electron chi connectivity index (χ3n) is 1.66. The molecule has 1 N–H and O–H groups in total. The topological polar surface area (TPSA) is 46.0 Å². The second kappa shape index (κ2) is 3.92. The van der Waals surface area contributed by atoms with Gasteiger partial charge in [-0.2, -0.15) is 18.3 Å². The molecule has 4 nitrogen and oxygen atoms in total. The molecule has 0 bridgehead atoms. The van der Waals surface area contributed by atoms with Crippen molar-refractivity contribution in [2.24, 2.45) is 7.05 Å². The van der Waals surface area contributed by atoms with Crippen molar-refractivity contribution >= 4 is 5.97 Å². The van der Waals surface area contributed by atoms with Gasteiger partial charge in [0, 0.05) is 0 Å². The molecule has 0 spiro atoms. The number of rotatable bonds is 2. The number of aromatic nitrogens is 2. The lowest BCUT2D eigenvalue weighted by molar-refractivity contribution is -0.727. The highest BCUT2D eigenvalue weighted by Gasteiger charge is 2.41. The minimum Gasteiger partial charge on any atom is -0.462 e. The number of esters is 1. The molecular weight excluding hydrogens is 213 g/mol. The van der Waals surface area contributed by atoms with E-state index in [0.29, 0.717) is 0 Å². The number of aromatic amines is 1. The van der Waals surface area contributed by atoms with Crippen LogP contribution in [-0.2, 0) is 18.0 Å². The Morgan fingerprint density at radius 3 is 2.67 bits per heavy atom. The minimum atomic E-state index is -4.59. The molecule has 84 valence electrons. The first-order valence-electron chi connectivity index (χ1n) is 4.19. The van der Waals surface area contributed by atoms with Crippen LogP contribution in [0.2, 0.25) is 0 Å². The van der Waals surface area contributed by atoms with Crippen molar-refractivity contribution in [2.45, 2.75) is 13.1 Å². The summed E-state index contributed by atoms with van der Waals surface area (Å²) in [5.41, 5.74) is -1.60. The smallest absolute Gasteiger partial charge is 0.437 e. The Morgan fingerprint density at radius 1 is 1.60 bits per heavy atom. The number of carbonyl (C=O) groups is 1. The summed E-state index contributed by atoms with van der Waals surface area (Å²) in [4.78, 5) is 11.2. The van der Waals surface area contributed by atoms with Crippen LogP contribution in [0.3, 0.4) is 0 Å². The van der Waals surface area contributed by atoms with E-state index in [2.05, 4.69) is 4.74 Å². The van der Waals surface area contributed by atoms with Gasteiger partial charge < -0.3 is 4.74 Å². The zero-order valence-electron chi connectivity index (χ0n) is 8.18. The molecule has 1 aromatic heterocycles. The molecule has 15 heavy (non-hydrogen) atoms. The highest BCUT2D eigenvalue weighted by atomic mass is 19.4. The van der Waals surface area contributed by atoms with Gasteiger partial charge >= 0.3 is 12.1 Å². The summed E-state index contributed by atoms with van der Waals surface area (Å²) < 4.78 is 42.8. The number of alkyl halides is 3. The summed E-state index contributed by atoms with van der Waals surface area (Å²) in [5.74, 6) is -0.985. The van der Waals surface area contributed by atoms with Crippen molar-refractivity contribution in [3.05, 3.63) is 17.5 Å². The number of hydrogen-bond acceptors (Lipinski definition) is 2. The van der Waals surface area contributed by atoms with Crippen molar-refractivity contribution < 1.29 is 27.4 Å². The molecule has 0 amide bonds. The van der Waals surface area contributed by atoms with Gasteiger partial charge in [0.25, 0.3) is 0 Å². The Hall–Kier alpha value is -1.53. The number of ether oxygens (including phenoxy) is 1. The minimum absolute atomic E-state index is 0.0328. The number of nitrogens with zero attached hydrogens (tertiary/aromatic N) is 1. The van der Waals surface area contributed by atoms with E-state index in [9.17, 15) is 18.0 Å². The fraction of sp³-hybridized carbons (Fsp3) is 0.500. The molecule has 7 heteroatoms. The maximum atomic E-state index is 12.4. The predicted molar refractivity (Wildman–Crippen MR) is 42.9 cm³/mol. The van der Waals surface area contributed by atoms with Crippen molar-refractivity contribution in [2.75, 3.05) is 6.61 Å². The van der Waals surface area contributed by atoms with Gasteiger partial charge in [-0.25, -0.2) is 4.79 Å². The van der Waals surface area contributed by atoms with Crippen LogP contribution in [-0.4, -0.2) is 17.7 Å². The van der Waals surface area contributed by atoms with Crippen LogP contribution >= 0.6 is 0 Å². The van der Waals surface area contributed by atoms with Crippen LogP contribution in [0.15, 0.2) is 6.20 Å². The Balaban J connectivity index is 3.12. The fourth-order valence-corrected chi connectivity index (χ4v) is 1.11. The Bertz CT molecular complexity index is 370. The second-order valence-corrected chi connectivity index (χ2v) is 2.86. The van der Waals surface area contributed by atoms with E-state index in [1.54, 1.807) is 0 Å². The Labute approximate surface area is 83.6 Å². The first-order valence-corrected chi connectivity index (χ1v) is 4.19. The molecule has 0 aliphatic heterocycles. The lowest BCUT2D eigenvalue weighted by Crippen LogP contribution is -2.29. The standard InChI is InChI=1S/C8H9F3N2O2/c1-3-15-7(14)5-4-13(2)12-6(5)8(9,10)11/h4H,3H2,1-2H3/p+1. The number of H-pyrrole nitrogens is 1. The number of carbonyl (C=O) groups excluding carboxylic acids is 1. The molecule has 0 radical (unpaired) electrons. The molecule has 0 unspecified atom stereocenters. The van der Waals surface area contributed by atoms with Gasteiger partial charge in [0.15, 0.2) is 18.3 Å². The molecule has 0 saturated heterocycles. The van der Waals surface area contributed by atoms with Crippen LogP contribution in [0, 0.1) is 0 Å². The lowest BCUT2D eigenvalue weighted by atomic mass is 10.2. The molecule has 1 heterocycles. The summed E-state index contributed by atoms with van der Waals surface area (Å²) in [6.07, 6.45) is -3.55. The van der Waals surface area contributed by atoms with Gasteiger partial charge in [0.05, 0.1) is 6.61 Å². The Morgan fingerprint density at radius 2 is 2.20 bits per heavy atom. The van der Waals surface area contributed by atoms with E-state index in [4.69, 9.17) is 0 Å². The molecular formula is C8H10F3N2O2+. The summed E-state index contributed by atoms with van der Waals surface area (Å²) in [5, 5.41) is 2.01. The molecule has 0 aliphatic rings. The van der Waals surface area contributed by atoms with Crippen LogP contribution in [0.4, 0.5) is 13.2 Å². The summed E-state index contributed by atoms with van der Waals surface area (Å²) in [6, 6.07) is 0. The van der Waals surface area contributed by atoms with E-state index in [1.807, 2.05) is 5.10 Å². The van der Waals surface area contributed by atoms with E-state index in [0.717, 1.165) is 10.9 Å². The molecule has 0 saturated carbocycles. The number of hydrogen-bond donors (Lipinski definition) is 1. The number of nitrogens with one attached hydrogen (secondary N) is 1. The van der Waals surface area contributed by atoms with Crippen LogP contribution < -0.4 is 4.68 Å². The summed E-state index contributed by atoms with van der Waals surface area (Å²) in [7, 11) is 1.36. The monoisotopic (exact) mass is 223 g/mol. The van der Waals surface area contributed by atoms with Crippen molar-refractivity contribution in [3.8, 4) is 0 Å². The van der Waals surface area contributed by atoms with Crippen molar-refractivity contribution in [1.82, 2.24) is 5.10 Å². The first-order chi connectivity index (χ1) is 6.86. The molecule has 1 rings (SSSR count).